The number of ether oxygens (including phenoxy) is 3. The maximum absolute atomic E-state index is 5.22. The second-order valence-electron chi connectivity index (χ2n) is 5.78. The summed E-state index contributed by atoms with van der Waals surface area (Å²) in [6.45, 7) is 18.9. The van der Waals surface area contributed by atoms with Crippen LogP contribution in [0.4, 0.5) is 0 Å². The van der Waals surface area contributed by atoms with Crippen molar-refractivity contribution in [3.05, 3.63) is 38.5 Å². The second kappa shape index (κ2) is 13.9. The Kier molecular flexibility index (Phi) is 11.9. The van der Waals surface area contributed by atoms with E-state index in [2.05, 4.69) is 34.4 Å². The molecule has 0 aliphatic carbocycles. The normalized spacial score (nSPS) is 16.5. The average molecular weight is 339 g/mol. The third kappa shape index (κ3) is 9.60. The maximum Gasteiger partial charge on any atom is 0.0885 e. The summed E-state index contributed by atoms with van der Waals surface area (Å²) in [4.78, 5) is 7.37. The molecule has 1 heterocycles. The highest BCUT2D eigenvalue weighted by Gasteiger charge is 2.22. The average Bonchev–Trinajstić information content (AvgIpc) is 2.59. The lowest BCUT2D eigenvalue weighted by Gasteiger charge is -2.42. The van der Waals surface area contributed by atoms with Crippen molar-refractivity contribution in [3.63, 3.8) is 0 Å². The van der Waals surface area contributed by atoms with Crippen molar-refractivity contribution in [2.24, 2.45) is 0 Å². The molecule has 0 saturated carbocycles. The number of hydrogen-bond donors (Lipinski definition) is 0. The molecule has 0 amide bonds. The first-order valence-electron chi connectivity index (χ1n) is 8.64. The van der Waals surface area contributed by atoms with Crippen LogP contribution < -0.4 is 0 Å². The SMILES string of the molecule is C=COCCCN1CN(CCCOC=C)CN(CCCOC=C)C1. The van der Waals surface area contributed by atoms with Crippen LogP contribution in [0, 0.1) is 0 Å². The maximum atomic E-state index is 5.22. The van der Waals surface area contributed by atoms with Gasteiger partial charge < -0.3 is 14.2 Å². The predicted octanol–water partition coefficient (Wildman–Crippen LogP) is 2.43. The van der Waals surface area contributed by atoms with Gasteiger partial charge >= 0.3 is 0 Å². The van der Waals surface area contributed by atoms with Gasteiger partial charge in [-0.25, -0.2) is 0 Å². The molecular weight excluding hydrogens is 306 g/mol. The molecule has 0 aromatic carbocycles. The smallest absolute Gasteiger partial charge is 0.0885 e. The minimum Gasteiger partial charge on any atom is -0.502 e. The standard InChI is InChI=1S/C18H33N3O3/c1-4-22-13-7-10-19-16-20(11-8-14-23-5-2)18-21(17-19)12-9-15-24-6-3/h4-6H,1-3,7-18H2. The van der Waals surface area contributed by atoms with Crippen LogP contribution in [-0.2, 0) is 14.2 Å². The van der Waals surface area contributed by atoms with Crippen LogP contribution in [0.5, 0.6) is 0 Å². The molecular formula is C18H33N3O3. The highest BCUT2D eigenvalue weighted by atomic mass is 16.5. The van der Waals surface area contributed by atoms with Crippen molar-refractivity contribution in [1.29, 1.82) is 0 Å². The minimum absolute atomic E-state index is 0.723. The predicted molar refractivity (Wildman–Crippen MR) is 97.0 cm³/mol. The Bertz CT molecular complexity index is 294. The van der Waals surface area contributed by atoms with Gasteiger partial charge in [-0.2, -0.15) is 0 Å². The van der Waals surface area contributed by atoms with E-state index in [0.717, 1.165) is 78.7 Å². The lowest BCUT2D eigenvalue weighted by Crippen LogP contribution is -2.55. The van der Waals surface area contributed by atoms with Crippen LogP contribution in [0.25, 0.3) is 0 Å². The third-order valence-electron chi connectivity index (χ3n) is 3.76. The van der Waals surface area contributed by atoms with Crippen molar-refractivity contribution in [3.8, 4) is 0 Å². The van der Waals surface area contributed by atoms with Gasteiger partial charge in [-0.15, -0.1) is 0 Å². The van der Waals surface area contributed by atoms with E-state index < -0.39 is 0 Å². The number of hydrogen-bond acceptors (Lipinski definition) is 6. The summed E-state index contributed by atoms with van der Waals surface area (Å²) in [5, 5.41) is 0. The molecule has 24 heavy (non-hydrogen) atoms. The number of nitrogens with zero attached hydrogens (tertiary/aromatic N) is 3. The summed E-state index contributed by atoms with van der Waals surface area (Å²) in [5.41, 5.74) is 0. The van der Waals surface area contributed by atoms with E-state index in [0.29, 0.717) is 0 Å². The van der Waals surface area contributed by atoms with Gasteiger partial charge in [-0.1, -0.05) is 19.7 Å². The van der Waals surface area contributed by atoms with Crippen LogP contribution in [0.2, 0.25) is 0 Å². The number of rotatable bonds is 15. The fourth-order valence-corrected chi connectivity index (χ4v) is 2.77. The lowest BCUT2D eigenvalue weighted by molar-refractivity contribution is -0.0352. The zero-order valence-electron chi connectivity index (χ0n) is 14.9. The molecule has 6 nitrogen and oxygen atoms in total. The first-order valence-corrected chi connectivity index (χ1v) is 8.64. The first-order chi connectivity index (χ1) is 11.8. The van der Waals surface area contributed by atoms with Crippen LogP contribution in [0.1, 0.15) is 19.3 Å². The molecule has 0 spiro atoms. The summed E-state index contributed by atoms with van der Waals surface area (Å²) < 4.78 is 15.7. The largest absolute Gasteiger partial charge is 0.502 e. The van der Waals surface area contributed by atoms with Crippen molar-refractivity contribution >= 4 is 0 Å². The molecule has 0 aromatic rings. The van der Waals surface area contributed by atoms with Crippen molar-refractivity contribution in [2.45, 2.75) is 19.3 Å². The zero-order chi connectivity index (χ0) is 17.5. The molecule has 1 aliphatic rings. The molecule has 0 atom stereocenters. The van der Waals surface area contributed by atoms with E-state index in [1.54, 1.807) is 0 Å². The van der Waals surface area contributed by atoms with Crippen LogP contribution in [0.3, 0.4) is 0 Å². The molecule has 6 heteroatoms. The second-order valence-corrected chi connectivity index (χ2v) is 5.78. The molecule has 0 bridgehead atoms. The Morgan fingerprint density at radius 2 is 0.875 bits per heavy atom. The van der Waals surface area contributed by atoms with E-state index in [9.17, 15) is 0 Å². The van der Waals surface area contributed by atoms with E-state index in [4.69, 9.17) is 14.2 Å². The van der Waals surface area contributed by atoms with Gasteiger partial charge in [-0.05, 0) is 19.3 Å². The van der Waals surface area contributed by atoms with Crippen molar-refractivity contribution < 1.29 is 14.2 Å². The molecule has 0 radical (unpaired) electrons. The monoisotopic (exact) mass is 339 g/mol. The summed E-state index contributed by atoms with van der Waals surface area (Å²) in [5.74, 6) is 0. The highest BCUT2D eigenvalue weighted by Crippen LogP contribution is 2.10. The Hall–Kier alpha value is -1.50. The summed E-state index contributed by atoms with van der Waals surface area (Å²) in [6.07, 6.45) is 7.54. The van der Waals surface area contributed by atoms with Gasteiger partial charge in [0.05, 0.1) is 58.6 Å². The van der Waals surface area contributed by atoms with Gasteiger partial charge in [0, 0.05) is 19.6 Å². The van der Waals surface area contributed by atoms with Gasteiger partial charge in [0.15, 0.2) is 0 Å². The summed E-state index contributed by atoms with van der Waals surface area (Å²) >= 11 is 0. The Morgan fingerprint density at radius 3 is 1.12 bits per heavy atom. The van der Waals surface area contributed by atoms with E-state index in [1.807, 2.05) is 0 Å². The Morgan fingerprint density at radius 1 is 0.583 bits per heavy atom. The molecule has 0 aromatic heterocycles. The van der Waals surface area contributed by atoms with Gasteiger partial charge in [0.1, 0.15) is 0 Å². The minimum atomic E-state index is 0.723. The zero-order valence-corrected chi connectivity index (χ0v) is 14.9. The molecule has 1 aliphatic heterocycles. The lowest BCUT2D eigenvalue weighted by atomic mass is 10.3. The summed E-state index contributed by atoms with van der Waals surface area (Å²) in [7, 11) is 0. The van der Waals surface area contributed by atoms with Crippen LogP contribution >= 0.6 is 0 Å². The molecule has 1 saturated heterocycles. The van der Waals surface area contributed by atoms with Crippen molar-refractivity contribution in [1.82, 2.24) is 14.7 Å². The molecule has 1 rings (SSSR count). The van der Waals surface area contributed by atoms with Gasteiger partial charge in [-0.3, -0.25) is 14.7 Å². The van der Waals surface area contributed by atoms with Gasteiger partial charge in [0.25, 0.3) is 0 Å². The Balaban J connectivity index is 2.36. The van der Waals surface area contributed by atoms with E-state index in [-0.39, 0.29) is 0 Å². The topological polar surface area (TPSA) is 37.4 Å². The van der Waals surface area contributed by atoms with E-state index >= 15 is 0 Å². The Labute approximate surface area is 146 Å². The molecule has 138 valence electrons. The third-order valence-corrected chi connectivity index (χ3v) is 3.76. The first kappa shape index (κ1) is 20.5. The van der Waals surface area contributed by atoms with Crippen LogP contribution in [0.15, 0.2) is 38.5 Å². The fourth-order valence-electron chi connectivity index (χ4n) is 2.77. The molecule has 0 N–H and O–H groups in total. The molecule has 0 unspecified atom stereocenters. The van der Waals surface area contributed by atoms with E-state index in [1.165, 1.54) is 18.8 Å². The van der Waals surface area contributed by atoms with Crippen LogP contribution in [-0.4, -0.2) is 74.2 Å². The fraction of sp³-hybridized carbons (Fsp3) is 0.667. The summed E-state index contributed by atoms with van der Waals surface area (Å²) in [6, 6.07) is 0. The van der Waals surface area contributed by atoms with Crippen molar-refractivity contribution in [2.75, 3.05) is 59.5 Å². The molecule has 1 fully saturated rings. The quantitative estimate of drug-likeness (QED) is 0.337. The highest BCUT2D eigenvalue weighted by molar-refractivity contribution is 4.70. The van der Waals surface area contributed by atoms with Gasteiger partial charge in [0.2, 0.25) is 0 Å².